The number of benzene rings is 2. The minimum atomic E-state index is 0.0207. The predicted octanol–water partition coefficient (Wildman–Crippen LogP) is 3.96. The van der Waals surface area contributed by atoms with Gasteiger partial charge in [0.05, 0.1) is 17.1 Å². The highest BCUT2D eigenvalue weighted by molar-refractivity contribution is 6.30. The fraction of sp³-hybridized carbons (Fsp3) is 0.333. The average molecular weight is 368 g/mol. The number of halogens is 1. The molecule has 1 aromatic heterocycles. The molecule has 4 nitrogen and oxygen atoms in total. The van der Waals surface area contributed by atoms with Gasteiger partial charge in [-0.15, -0.1) is 0 Å². The second kappa shape index (κ2) is 7.60. The van der Waals surface area contributed by atoms with E-state index in [1.54, 1.807) is 4.68 Å². The van der Waals surface area contributed by atoms with Crippen LogP contribution in [0.2, 0.25) is 5.02 Å². The first-order valence-electron chi connectivity index (χ1n) is 9.18. The maximum atomic E-state index is 13.1. The van der Waals surface area contributed by atoms with Crippen LogP contribution in [-0.4, -0.2) is 22.9 Å². The van der Waals surface area contributed by atoms with Crippen LogP contribution in [0.3, 0.4) is 0 Å². The van der Waals surface area contributed by atoms with Crippen molar-refractivity contribution in [3.8, 4) is 0 Å². The van der Waals surface area contributed by atoms with E-state index < -0.39 is 0 Å². The largest absolute Gasteiger partial charge is 0.317 e. The molecule has 0 radical (unpaired) electrons. The Bertz CT molecular complexity index is 957. The Balaban J connectivity index is 1.81. The first-order valence-corrected chi connectivity index (χ1v) is 9.56. The zero-order valence-corrected chi connectivity index (χ0v) is 15.4. The molecule has 1 atom stereocenters. The van der Waals surface area contributed by atoms with E-state index in [4.69, 9.17) is 16.7 Å². The minimum absolute atomic E-state index is 0.0207. The molecule has 1 aliphatic rings. The van der Waals surface area contributed by atoms with E-state index in [1.807, 2.05) is 48.5 Å². The van der Waals surface area contributed by atoms with Gasteiger partial charge in [0.1, 0.15) is 0 Å². The number of nitrogens with one attached hydrogen (secondary N) is 1. The number of nitrogens with zero attached hydrogens (tertiary/aromatic N) is 2. The smallest absolute Gasteiger partial charge is 0.274 e. The van der Waals surface area contributed by atoms with Gasteiger partial charge in [0, 0.05) is 16.8 Å². The molecule has 0 unspecified atom stereocenters. The maximum Gasteiger partial charge on any atom is 0.274 e. The lowest BCUT2D eigenvalue weighted by Gasteiger charge is -2.18. The monoisotopic (exact) mass is 367 g/mol. The van der Waals surface area contributed by atoms with Gasteiger partial charge in [-0.05, 0) is 56.1 Å². The van der Waals surface area contributed by atoms with Crippen LogP contribution in [0.4, 0.5) is 0 Å². The van der Waals surface area contributed by atoms with Crippen LogP contribution < -0.4 is 10.9 Å². The highest BCUT2D eigenvalue weighted by Crippen LogP contribution is 2.22. The van der Waals surface area contributed by atoms with Gasteiger partial charge < -0.3 is 5.32 Å². The SMILES string of the molecule is O=c1c2ccccc2c(Cc2ccc(Cl)cc2)nn1[C@H]1CCCNCC1. The Morgan fingerprint density at radius 2 is 1.81 bits per heavy atom. The molecule has 134 valence electrons. The van der Waals surface area contributed by atoms with E-state index in [0.717, 1.165) is 59.4 Å². The summed E-state index contributed by atoms with van der Waals surface area (Å²) < 4.78 is 1.74. The third-order valence-electron chi connectivity index (χ3n) is 5.08. The third-order valence-corrected chi connectivity index (χ3v) is 5.33. The summed E-state index contributed by atoms with van der Waals surface area (Å²) >= 11 is 6.01. The van der Waals surface area contributed by atoms with Crippen LogP contribution in [0.15, 0.2) is 53.3 Å². The van der Waals surface area contributed by atoms with Gasteiger partial charge in [0.25, 0.3) is 5.56 Å². The molecule has 1 fully saturated rings. The summed E-state index contributed by atoms with van der Waals surface area (Å²) in [6, 6.07) is 15.8. The van der Waals surface area contributed by atoms with Gasteiger partial charge in [0.15, 0.2) is 0 Å². The van der Waals surface area contributed by atoms with E-state index in [0.29, 0.717) is 6.42 Å². The van der Waals surface area contributed by atoms with E-state index >= 15 is 0 Å². The van der Waals surface area contributed by atoms with Gasteiger partial charge in [-0.3, -0.25) is 4.79 Å². The number of hydrogen-bond donors (Lipinski definition) is 1. The van der Waals surface area contributed by atoms with Gasteiger partial charge in [-0.2, -0.15) is 5.10 Å². The molecule has 2 heterocycles. The van der Waals surface area contributed by atoms with Crippen molar-refractivity contribution in [2.24, 2.45) is 0 Å². The van der Waals surface area contributed by atoms with Gasteiger partial charge in [-0.25, -0.2) is 4.68 Å². The van der Waals surface area contributed by atoms with Gasteiger partial charge in [-0.1, -0.05) is 41.9 Å². The van der Waals surface area contributed by atoms with Crippen molar-refractivity contribution < 1.29 is 0 Å². The second-order valence-electron chi connectivity index (χ2n) is 6.88. The molecule has 26 heavy (non-hydrogen) atoms. The molecular formula is C21H22ClN3O. The summed E-state index contributed by atoms with van der Waals surface area (Å²) in [7, 11) is 0. The average Bonchev–Trinajstić information content (AvgIpc) is 2.95. The molecule has 1 aliphatic heterocycles. The summed E-state index contributed by atoms with van der Waals surface area (Å²) in [6.07, 6.45) is 3.67. The first-order chi connectivity index (χ1) is 12.7. The van der Waals surface area contributed by atoms with E-state index in [-0.39, 0.29) is 11.6 Å². The highest BCUT2D eigenvalue weighted by Gasteiger charge is 2.19. The van der Waals surface area contributed by atoms with Crippen molar-refractivity contribution in [3.05, 3.63) is 75.2 Å². The molecule has 4 rings (SSSR count). The van der Waals surface area contributed by atoms with Crippen molar-refractivity contribution >= 4 is 22.4 Å². The van der Waals surface area contributed by atoms with Crippen LogP contribution in [0.1, 0.15) is 36.6 Å². The Morgan fingerprint density at radius 3 is 2.62 bits per heavy atom. The highest BCUT2D eigenvalue weighted by atomic mass is 35.5. The van der Waals surface area contributed by atoms with Crippen molar-refractivity contribution in [1.82, 2.24) is 15.1 Å². The minimum Gasteiger partial charge on any atom is -0.317 e. The Hall–Kier alpha value is -2.17. The summed E-state index contributed by atoms with van der Waals surface area (Å²) in [6.45, 7) is 1.94. The lowest BCUT2D eigenvalue weighted by atomic mass is 10.0. The topological polar surface area (TPSA) is 46.9 Å². The van der Waals surface area contributed by atoms with Crippen molar-refractivity contribution in [2.45, 2.75) is 31.7 Å². The Morgan fingerprint density at radius 1 is 1.04 bits per heavy atom. The van der Waals surface area contributed by atoms with E-state index in [2.05, 4.69) is 5.32 Å². The van der Waals surface area contributed by atoms with Crippen molar-refractivity contribution in [1.29, 1.82) is 0 Å². The molecule has 2 aromatic carbocycles. The number of rotatable bonds is 3. The molecule has 1 N–H and O–H groups in total. The zero-order chi connectivity index (χ0) is 17.9. The molecule has 3 aromatic rings. The van der Waals surface area contributed by atoms with Crippen LogP contribution in [0, 0.1) is 0 Å². The van der Waals surface area contributed by atoms with Crippen LogP contribution in [-0.2, 0) is 6.42 Å². The molecule has 0 bridgehead atoms. The molecule has 0 saturated carbocycles. The predicted molar refractivity (Wildman–Crippen MR) is 106 cm³/mol. The molecular weight excluding hydrogens is 346 g/mol. The van der Waals surface area contributed by atoms with E-state index in [9.17, 15) is 4.79 Å². The Kier molecular flexibility index (Phi) is 5.05. The quantitative estimate of drug-likeness (QED) is 0.762. The van der Waals surface area contributed by atoms with Crippen LogP contribution in [0.25, 0.3) is 10.8 Å². The molecule has 5 heteroatoms. The summed E-state index contributed by atoms with van der Waals surface area (Å²) in [5.41, 5.74) is 2.10. The third kappa shape index (κ3) is 3.53. The van der Waals surface area contributed by atoms with Crippen LogP contribution in [0.5, 0.6) is 0 Å². The normalized spacial score (nSPS) is 18.0. The standard InChI is InChI=1S/C21H22ClN3O/c22-16-9-7-15(8-10-16)14-20-18-5-1-2-6-19(18)21(26)25(24-20)17-4-3-12-23-13-11-17/h1-2,5-10,17,23H,3-4,11-14H2/t17-/m0/s1. The van der Waals surface area contributed by atoms with Gasteiger partial charge in [0.2, 0.25) is 0 Å². The number of aromatic nitrogens is 2. The molecule has 0 spiro atoms. The van der Waals surface area contributed by atoms with Crippen molar-refractivity contribution in [3.63, 3.8) is 0 Å². The number of hydrogen-bond acceptors (Lipinski definition) is 3. The number of fused-ring (bicyclic) bond motifs is 1. The summed E-state index contributed by atoms with van der Waals surface area (Å²) in [5, 5.41) is 10.7. The summed E-state index contributed by atoms with van der Waals surface area (Å²) in [5.74, 6) is 0. The molecule has 0 amide bonds. The lowest BCUT2D eigenvalue weighted by molar-refractivity contribution is 0.395. The first kappa shape index (κ1) is 17.3. The van der Waals surface area contributed by atoms with Crippen LogP contribution >= 0.6 is 11.6 Å². The fourth-order valence-corrected chi connectivity index (χ4v) is 3.82. The van der Waals surface area contributed by atoms with E-state index in [1.165, 1.54) is 0 Å². The maximum absolute atomic E-state index is 13.1. The lowest BCUT2D eigenvalue weighted by Crippen LogP contribution is -2.29. The van der Waals surface area contributed by atoms with Crippen molar-refractivity contribution in [2.75, 3.05) is 13.1 Å². The summed E-state index contributed by atoms with van der Waals surface area (Å²) in [4.78, 5) is 13.1. The second-order valence-corrected chi connectivity index (χ2v) is 7.32. The molecule has 1 saturated heterocycles. The molecule has 0 aliphatic carbocycles. The zero-order valence-electron chi connectivity index (χ0n) is 14.6. The Labute approximate surface area is 157 Å². The fourth-order valence-electron chi connectivity index (χ4n) is 3.69. The van der Waals surface area contributed by atoms with Gasteiger partial charge >= 0.3 is 0 Å².